The number of amides is 4. The Hall–Kier alpha value is -2.80. The number of carbonyl (C=O) groups is 3. The Morgan fingerprint density at radius 2 is 1.48 bits per heavy atom. The van der Waals surface area contributed by atoms with Crippen molar-refractivity contribution < 1.29 is 14.4 Å². The van der Waals surface area contributed by atoms with Crippen molar-refractivity contribution >= 4 is 42.0 Å². The zero-order valence-electron chi connectivity index (χ0n) is 15.7. The minimum Gasteiger partial charge on any atom is -0.326 e. The monoisotopic (exact) mass is 385 g/mol. The van der Waals surface area contributed by atoms with Gasteiger partial charge in [0, 0.05) is 18.2 Å². The molecule has 0 radical (unpaired) electrons. The molecule has 0 aliphatic carbocycles. The van der Waals surface area contributed by atoms with Crippen molar-refractivity contribution in [2.45, 2.75) is 33.1 Å². The van der Waals surface area contributed by atoms with Gasteiger partial charge in [-0.3, -0.25) is 14.9 Å². The van der Waals surface area contributed by atoms with Crippen LogP contribution in [0.15, 0.2) is 48.5 Å². The van der Waals surface area contributed by atoms with E-state index in [-0.39, 0.29) is 11.3 Å². The molecule has 0 heterocycles. The lowest BCUT2D eigenvalue weighted by atomic mass is 9.87. The lowest BCUT2D eigenvalue weighted by molar-refractivity contribution is -0.114. The fourth-order valence-electron chi connectivity index (χ4n) is 2.35. The summed E-state index contributed by atoms with van der Waals surface area (Å²) in [6.07, 6.45) is 0. The van der Waals surface area contributed by atoms with Crippen molar-refractivity contribution in [1.29, 1.82) is 0 Å². The second-order valence-corrected chi connectivity index (χ2v) is 7.53. The minimum absolute atomic E-state index is 0.0177. The highest BCUT2D eigenvalue weighted by Crippen LogP contribution is 2.22. The van der Waals surface area contributed by atoms with Crippen LogP contribution in [0.3, 0.4) is 0 Å². The van der Waals surface area contributed by atoms with Gasteiger partial charge in [-0.1, -0.05) is 45.7 Å². The second-order valence-electron chi connectivity index (χ2n) is 7.13. The standard InChI is InChI=1S/C20H23N3O3S/c1-13(24)21-16-9-11-17(12-10-16)23(27)19(26)22-18(25)14-5-7-15(8-6-14)20(2,3)4/h5-12,27H,1-4H3,(H,21,24)(H,22,25,26). The summed E-state index contributed by atoms with van der Waals surface area (Å²) in [7, 11) is 0. The van der Waals surface area contributed by atoms with Crippen molar-refractivity contribution in [1.82, 2.24) is 5.32 Å². The van der Waals surface area contributed by atoms with Gasteiger partial charge in [-0.05, 0) is 47.4 Å². The predicted molar refractivity (Wildman–Crippen MR) is 110 cm³/mol. The number of hydrogen-bond acceptors (Lipinski definition) is 4. The summed E-state index contributed by atoms with van der Waals surface area (Å²) in [4.78, 5) is 35.6. The third kappa shape index (κ3) is 5.59. The summed E-state index contributed by atoms with van der Waals surface area (Å²) in [6, 6.07) is 13.0. The molecule has 7 heteroatoms. The molecule has 0 saturated carbocycles. The van der Waals surface area contributed by atoms with E-state index in [9.17, 15) is 14.4 Å². The molecule has 2 aromatic carbocycles. The SMILES string of the molecule is CC(=O)Nc1ccc(N(S)C(=O)NC(=O)c2ccc(C(C)(C)C)cc2)cc1. The number of nitrogens with one attached hydrogen (secondary N) is 2. The summed E-state index contributed by atoms with van der Waals surface area (Å²) in [5.41, 5.74) is 2.53. The van der Waals surface area contributed by atoms with Crippen molar-refractivity contribution in [2.75, 3.05) is 9.62 Å². The molecule has 0 aliphatic rings. The molecular formula is C20H23N3O3S. The van der Waals surface area contributed by atoms with Gasteiger partial charge in [0.15, 0.2) is 0 Å². The van der Waals surface area contributed by atoms with E-state index in [1.54, 1.807) is 36.4 Å². The van der Waals surface area contributed by atoms with E-state index in [0.717, 1.165) is 9.87 Å². The maximum Gasteiger partial charge on any atom is 0.338 e. The topological polar surface area (TPSA) is 78.5 Å². The molecule has 6 nitrogen and oxygen atoms in total. The normalized spacial score (nSPS) is 10.9. The van der Waals surface area contributed by atoms with Crippen LogP contribution in [0.2, 0.25) is 0 Å². The summed E-state index contributed by atoms with van der Waals surface area (Å²) >= 11 is 4.14. The first-order valence-electron chi connectivity index (χ1n) is 8.40. The Kier molecular flexibility index (Phi) is 6.28. The Labute approximate surface area is 164 Å². The molecule has 0 aromatic heterocycles. The highest BCUT2D eigenvalue weighted by atomic mass is 32.1. The van der Waals surface area contributed by atoms with Gasteiger partial charge >= 0.3 is 6.03 Å². The average Bonchev–Trinajstić information content (AvgIpc) is 2.60. The largest absolute Gasteiger partial charge is 0.338 e. The molecular weight excluding hydrogens is 362 g/mol. The van der Waals surface area contributed by atoms with E-state index >= 15 is 0 Å². The Balaban J connectivity index is 2.03. The predicted octanol–water partition coefficient (Wildman–Crippen LogP) is 4.14. The minimum atomic E-state index is -0.671. The third-order valence-corrected chi connectivity index (χ3v) is 4.27. The first kappa shape index (κ1) is 20.5. The van der Waals surface area contributed by atoms with Crippen LogP contribution in [-0.2, 0) is 10.2 Å². The molecule has 0 saturated heterocycles. The van der Waals surface area contributed by atoms with Crippen LogP contribution < -0.4 is 14.9 Å². The molecule has 0 fully saturated rings. The number of urea groups is 1. The van der Waals surface area contributed by atoms with E-state index in [0.29, 0.717) is 16.9 Å². The summed E-state index contributed by atoms with van der Waals surface area (Å²) in [5, 5.41) is 4.93. The summed E-state index contributed by atoms with van der Waals surface area (Å²) in [5.74, 6) is -0.694. The molecule has 27 heavy (non-hydrogen) atoms. The van der Waals surface area contributed by atoms with E-state index in [1.807, 2.05) is 12.1 Å². The molecule has 0 aliphatic heterocycles. The van der Waals surface area contributed by atoms with Gasteiger partial charge < -0.3 is 5.32 Å². The highest BCUT2D eigenvalue weighted by Gasteiger charge is 2.18. The molecule has 0 atom stereocenters. The van der Waals surface area contributed by atoms with E-state index in [1.165, 1.54) is 6.92 Å². The van der Waals surface area contributed by atoms with Gasteiger partial charge in [0.05, 0.1) is 5.69 Å². The third-order valence-electron chi connectivity index (χ3n) is 3.86. The van der Waals surface area contributed by atoms with Crippen molar-refractivity contribution in [3.63, 3.8) is 0 Å². The molecule has 2 N–H and O–H groups in total. The number of rotatable bonds is 3. The van der Waals surface area contributed by atoms with Crippen LogP contribution in [-0.4, -0.2) is 17.8 Å². The lowest BCUT2D eigenvalue weighted by Gasteiger charge is -2.19. The van der Waals surface area contributed by atoms with E-state index in [4.69, 9.17) is 0 Å². The number of imide groups is 1. The number of thiol groups is 1. The molecule has 142 valence electrons. The number of hydrogen-bond donors (Lipinski definition) is 3. The van der Waals surface area contributed by atoms with Gasteiger partial charge in [0.25, 0.3) is 5.91 Å². The number of benzene rings is 2. The maximum atomic E-state index is 12.3. The van der Waals surface area contributed by atoms with Crippen molar-refractivity contribution in [3.8, 4) is 0 Å². The van der Waals surface area contributed by atoms with Gasteiger partial charge in [-0.25, -0.2) is 9.10 Å². The molecule has 0 bridgehead atoms. The smallest absolute Gasteiger partial charge is 0.326 e. The summed E-state index contributed by atoms with van der Waals surface area (Å²) < 4.78 is 1.03. The molecule has 2 rings (SSSR count). The summed E-state index contributed by atoms with van der Waals surface area (Å²) in [6.45, 7) is 7.66. The van der Waals surface area contributed by atoms with Crippen LogP contribution in [0.25, 0.3) is 0 Å². The first-order valence-corrected chi connectivity index (χ1v) is 8.80. The number of nitrogens with zero attached hydrogens (tertiary/aromatic N) is 1. The fourth-order valence-corrected chi connectivity index (χ4v) is 2.53. The maximum absolute atomic E-state index is 12.3. The van der Waals surface area contributed by atoms with Gasteiger partial charge in [-0.2, -0.15) is 0 Å². The Morgan fingerprint density at radius 1 is 0.926 bits per heavy atom. The number of carbonyl (C=O) groups excluding carboxylic acids is 3. The molecule has 4 amide bonds. The van der Waals surface area contributed by atoms with Gasteiger partial charge in [0.1, 0.15) is 0 Å². The lowest BCUT2D eigenvalue weighted by Crippen LogP contribution is -2.38. The molecule has 0 spiro atoms. The van der Waals surface area contributed by atoms with E-state index < -0.39 is 11.9 Å². The van der Waals surface area contributed by atoms with Crippen LogP contribution >= 0.6 is 12.8 Å². The van der Waals surface area contributed by atoms with Crippen LogP contribution in [0.5, 0.6) is 0 Å². The second kappa shape index (κ2) is 8.26. The van der Waals surface area contributed by atoms with Crippen molar-refractivity contribution in [2.24, 2.45) is 0 Å². The Bertz CT molecular complexity index is 840. The van der Waals surface area contributed by atoms with Crippen LogP contribution in [0, 0.1) is 0 Å². The Morgan fingerprint density at radius 3 is 1.96 bits per heavy atom. The van der Waals surface area contributed by atoms with Crippen LogP contribution in [0.4, 0.5) is 16.2 Å². The van der Waals surface area contributed by atoms with Gasteiger partial charge in [-0.15, -0.1) is 0 Å². The van der Waals surface area contributed by atoms with Gasteiger partial charge in [0.2, 0.25) is 5.91 Å². The zero-order valence-corrected chi connectivity index (χ0v) is 16.6. The average molecular weight is 385 g/mol. The highest BCUT2D eigenvalue weighted by molar-refractivity contribution is 7.82. The van der Waals surface area contributed by atoms with Crippen LogP contribution in [0.1, 0.15) is 43.6 Å². The molecule has 0 unspecified atom stereocenters. The fraction of sp³-hybridized carbons (Fsp3) is 0.250. The number of anilines is 2. The van der Waals surface area contributed by atoms with Crippen molar-refractivity contribution in [3.05, 3.63) is 59.7 Å². The van der Waals surface area contributed by atoms with E-state index in [2.05, 4.69) is 44.2 Å². The quantitative estimate of drug-likeness (QED) is 0.695. The molecule has 2 aromatic rings. The zero-order chi connectivity index (χ0) is 20.2. The first-order chi connectivity index (χ1) is 12.6.